The van der Waals surface area contributed by atoms with Crippen LogP contribution in [0.5, 0.6) is 5.75 Å². The highest BCUT2D eigenvalue weighted by molar-refractivity contribution is 9.10. The lowest BCUT2D eigenvalue weighted by molar-refractivity contribution is -0.113. The monoisotopic (exact) mass is 494 g/mol. The first-order chi connectivity index (χ1) is 13.8. The first-order valence-electron chi connectivity index (χ1n) is 8.84. The lowest BCUT2D eigenvalue weighted by atomic mass is 10.2. The minimum Gasteiger partial charge on any atom is -0.482 e. The summed E-state index contributed by atoms with van der Waals surface area (Å²) in [6.07, 6.45) is -0.279. The number of benzene rings is 2. The predicted octanol–water partition coefficient (Wildman–Crippen LogP) is 5.41. The van der Waals surface area contributed by atoms with Gasteiger partial charge in [-0.3, -0.25) is 4.79 Å². The van der Waals surface area contributed by atoms with E-state index in [9.17, 15) is 4.79 Å². The summed E-state index contributed by atoms with van der Waals surface area (Å²) >= 11 is 10.8. The largest absolute Gasteiger partial charge is 0.482 e. The van der Waals surface area contributed by atoms with E-state index in [2.05, 4.69) is 31.4 Å². The molecule has 1 heterocycles. The van der Waals surface area contributed by atoms with Crippen molar-refractivity contribution in [2.24, 2.45) is 7.05 Å². The Bertz CT molecular complexity index is 1030. The molecule has 152 valence electrons. The van der Waals surface area contributed by atoms with Crippen LogP contribution in [0.15, 0.2) is 52.1 Å². The van der Waals surface area contributed by atoms with E-state index in [1.54, 1.807) is 12.1 Å². The highest BCUT2D eigenvalue weighted by Crippen LogP contribution is 2.27. The highest BCUT2D eigenvalue weighted by Gasteiger charge is 2.18. The van der Waals surface area contributed by atoms with Gasteiger partial charge in [-0.1, -0.05) is 57.5 Å². The third-order valence-corrected chi connectivity index (χ3v) is 5.99. The van der Waals surface area contributed by atoms with Crippen molar-refractivity contribution in [1.82, 2.24) is 14.8 Å². The number of carbonyl (C=O) groups is 1. The molecule has 1 amide bonds. The zero-order valence-electron chi connectivity index (χ0n) is 16.1. The number of anilines is 1. The van der Waals surface area contributed by atoms with Crippen LogP contribution in [-0.4, -0.2) is 26.4 Å². The Kier molecular flexibility index (Phi) is 7.21. The first-order valence-corrected chi connectivity index (χ1v) is 11.0. The molecular formula is C20H20BrClN4O2S. The van der Waals surface area contributed by atoms with Crippen molar-refractivity contribution in [3.8, 4) is 5.75 Å². The molecule has 0 saturated carbocycles. The topological polar surface area (TPSA) is 69.0 Å². The fourth-order valence-electron chi connectivity index (χ4n) is 2.64. The van der Waals surface area contributed by atoms with Crippen LogP contribution < -0.4 is 10.1 Å². The summed E-state index contributed by atoms with van der Waals surface area (Å²) in [6.45, 7) is 3.92. The van der Waals surface area contributed by atoms with E-state index in [1.807, 2.05) is 55.8 Å². The Balaban J connectivity index is 1.60. The number of nitrogens with one attached hydrogen (secondary N) is 1. The Morgan fingerprint density at radius 2 is 2.07 bits per heavy atom. The lowest BCUT2D eigenvalue weighted by Crippen LogP contribution is -2.15. The predicted molar refractivity (Wildman–Crippen MR) is 120 cm³/mol. The van der Waals surface area contributed by atoms with Crippen molar-refractivity contribution in [2.45, 2.75) is 25.1 Å². The number of aryl methyl sites for hydroxylation is 1. The molecule has 9 heteroatoms. The number of hydrogen-bond acceptors (Lipinski definition) is 5. The van der Waals surface area contributed by atoms with E-state index in [1.165, 1.54) is 11.8 Å². The van der Waals surface area contributed by atoms with Gasteiger partial charge in [-0.05, 0) is 43.7 Å². The summed E-state index contributed by atoms with van der Waals surface area (Å²) < 4.78 is 8.71. The van der Waals surface area contributed by atoms with Crippen LogP contribution in [0.2, 0.25) is 5.02 Å². The summed E-state index contributed by atoms with van der Waals surface area (Å²) in [4.78, 5) is 12.3. The van der Waals surface area contributed by atoms with E-state index < -0.39 is 0 Å². The van der Waals surface area contributed by atoms with Gasteiger partial charge in [-0.15, -0.1) is 10.2 Å². The fraction of sp³-hybridized carbons (Fsp3) is 0.250. The van der Waals surface area contributed by atoms with Gasteiger partial charge in [0.15, 0.2) is 17.1 Å². The molecule has 0 saturated heterocycles. The van der Waals surface area contributed by atoms with Gasteiger partial charge in [0, 0.05) is 11.5 Å². The lowest BCUT2D eigenvalue weighted by Gasteiger charge is -2.15. The van der Waals surface area contributed by atoms with Gasteiger partial charge in [-0.2, -0.15) is 0 Å². The number of nitrogens with zero attached hydrogens (tertiary/aromatic N) is 3. The minimum atomic E-state index is -0.279. The van der Waals surface area contributed by atoms with Crippen LogP contribution in [0, 0.1) is 6.92 Å². The van der Waals surface area contributed by atoms with E-state index in [-0.39, 0.29) is 17.8 Å². The van der Waals surface area contributed by atoms with E-state index in [0.29, 0.717) is 21.7 Å². The van der Waals surface area contributed by atoms with Crippen LogP contribution >= 0.6 is 39.3 Å². The molecule has 6 nitrogen and oxygen atoms in total. The average Bonchev–Trinajstić information content (AvgIpc) is 3.05. The number of amides is 1. The summed E-state index contributed by atoms with van der Waals surface area (Å²) in [5, 5.41) is 12.3. The Morgan fingerprint density at radius 1 is 1.31 bits per heavy atom. The van der Waals surface area contributed by atoms with Crippen molar-refractivity contribution in [1.29, 1.82) is 0 Å². The fourth-order valence-corrected chi connectivity index (χ4v) is 4.08. The second-order valence-corrected chi connectivity index (χ2v) is 8.65. The van der Waals surface area contributed by atoms with Gasteiger partial charge in [-0.25, -0.2) is 0 Å². The van der Waals surface area contributed by atoms with Gasteiger partial charge in [0.1, 0.15) is 5.75 Å². The number of para-hydroxylation sites is 1. The average molecular weight is 496 g/mol. The second kappa shape index (κ2) is 9.65. The van der Waals surface area contributed by atoms with E-state index in [4.69, 9.17) is 16.3 Å². The number of aromatic nitrogens is 3. The molecule has 0 aliphatic heterocycles. The van der Waals surface area contributed by atoms with E-state index in [0.717, 1.165) is 15.8 Å². The van der Waals surface area contributed by atoms with Crippen LogP contribution in [0.4, 0.5) is 5.69 Å². The normalized spacial score (nSPS) is 11.9. The molecular weight excluding hydrogens is 476 g/mol. The minimum absolute atomic E-state index is 0.173. The maximum atomic E-state index is 12.3. The van der Waals surface area contributed by atoms with Crippen molar-refractivity contribution in [3.63, 3.8) is 0 Å². The molecule has 1 N–H and O–H groups in total. The molecule has 3 aromatic rings. The standard InChI is InChI=1S/C20H20BrClN4O2S/c1-12-6-4-5-7-17(12)28-13(2)19-24-25-20(26(19)3)29-11-18(27)23-16-9-8-14(21)10-15(16)22/h4-10,13H,11H2,1-3H3,(H,23,27). The van der Waals surface area contributed by atoms with E-state index >= 15 is 0 Å². The zero-order valence-corrected chi connectivity index (χ0v) is 19.3. The molecule has 0 aliphatic carbocycles. The molecule has 1 unspecified atom stereocenters. The number of thioether (sulfide) groups is 1. The van der Waals surface area contributed by atoms with Gasteiger partial charge in [0.25, 0.3) is 0 Å². The Labute approximate surface area is 187 Å². The molecule has 29 heavy (non-hydrogen) atoms. The maximum Gasteiger partial charge on any atom is 0.234 e. The number of rotatable bonds is 7. The quantitative estimate of drug-likeness (QED) is 0.444. The molecule has 0 bridgehead atoms. The molecule has 3 rings (SSSR count). The maximum absolute atomic E-state index is 12.3. The van der Waals surface area contributed by atoms with Crippen molar-refractivity contribution in [3.05, 3.63) is 63.3 Å². The van der Waals surface area contributed by atoms with Crippen molar-refractivity contribution >= 4 is 50.9 Å². The summed E-state index contributed by atoms with van der Waals surface area (Å²) in [5.41, 5.74) is 1.62. The molecule has 0 aliphatic rings. The number of halogens is 2. The Hall–Kier alpha value is -2.03. The third-order valence-electron chi connectivity index (χ3n) is 4.17. The van der Waals surface area contributed by atoms with Gasteiger partial charge in [0.05, 0.1) is 16.5 Å². The summed E-state index contributed by atoms with van der Waals surface area (Å²) in [7, 11) is 1.86. The second-order valence-electron chi connectivity index (χ2n) is 6.39. The van der Waals surface area contributed by atoms with Crippen LogP contribution in [-0.2, 0) is 11.8 Å². The third kappa shape index (κ3) is 5.52. The Morgan fingerprint density at radius 3 is 2.79 bits per heavy atom. The molecule has 1 atom stereocenters. The van der Waals surface area contributed by atoms with Gasteiger partial charge in [0.2, 0.25) is 5.91 Å². The van der Waals surface area contributed by atoms with Gasteiger partial charge >= 0.3 is 0 Å². The first kappa shape index (κ1) is 21.7. The van der Waals surface area contributed by atoms with Gasteiger partial charge < -0.3 is 14.6 Å². The number of hydrogen-bond donors (Lipinski definition) is 1. The molecule has 2 aromatic carbocycles. The van der Waals surface area contributed by atoms with Crippen LogP contribution in [0.25, 0.3) is 0 Å². The van der Waals surface area contributed by atoms with Crippen LogP contribution in [0.1, 0.15) is 24.4 Å². The van der Waals surface area contributed by atoms with Crippen LogP contribution in [0.3, 0.4) is 0 Å². The smallest absolute Gasteiger partial charge is 0.234 e. The van der Waals surface area contributed by atoms with Crippen molar-refractivity contribution in [2.75, 3.05) is 11.1 Å². The molecule has 0 radical (unpaired) electrons. The molecule has 0 fully saturated rings. The SMILES string of the molecule is Cc1ccccc1OC(C)c1nnc(SCC(=O)Nc2ccc(Br)cc2Cl)n1C. The number of carbonyl (C=O) groups excluding carboxylic acids is 1. The molecule has 0 spiro atoms. The zero-order chi connectivity index (χ0) is 21.0. The van der Waals surface area contributed by atoms with Crippen molar-refractivity contribution < 1.29 is 9.53 Å². The number of ether oxygens (including phenoxy) is 1. The summed E-state index contributed by atoms with van der Waals surface area (Å²) in [6, 6.07) is 13.1. The highest BCUT2D eigenvalue weighted by atomic mass is 79.9. The summed E-state index contributed by atoms with van der Waals surface area (Å²) in [5.74, 6) is 1.51. The molecule has 1 aromatic heterocycles.